The van der Waals surface area contributed by atoms with Gasteiger partial charge in [-0.2, -0.15) is 0 Å². The topological polar surface area (TPSA) is 252 Å². The molecule has 0 saturated carbocycles. The first-order chi connectivity index (χ1) is 34.1. The number of aliphatic hydroxyl groups is 1. The highest BCUT2D eigenvalue weighted by atomic mass is 16.6. The summed E-state index contributed by atoms with van der Waals surface area (Å²) in [5.74, 6) is -1.81. The number of aliphatic hydroxyl groups excluding tert-OH is 1. The van der Waals surface area contributed by atoms with Gasteiger partial charge < -0.3 is 30.2 Å². The number of carbonyl (C=O) groups is 5. The van der Waals surface area contributed by atoms with Gasteiger partial charge in [-0.1, -0.05) is 77.6 Å². The molecule has 19 nitrogen and oxygen atoms in total. The van der Waals surface area contributed by atoms with E-state index >= 15 is 0 Å². The van der Waals surface area contributed by atoms with E-state index in [0.29, 0.717) is 35.6 Å². The average Bonchev–Trinajstić information content (AvgIpc) is 3.61. The number of nitrogens with one attached hydrogen (secondary N) is 3. The molecule has 19 heteroatoms. The summed E-state index contributed by atoms with van der Waals surface area (Å²) < 4.78 is 16.0. The third kappa shape index (κ3) is 12.8. The second kappa shape index (κ2) is 23.0. The molecule has 3 amide bonds. The Morgan fingerprint density at radius 3 is 1.77 bits per heavy atom. The maximum atomic E-state index is 13.3. The first kappa shape index (κ1) is 54.9. The molecular weight excluding hydrogens is 939 g/mol. The summed E-state index contributed by atoms with van der Waals surface area (Å²) in [6, 6.07) is 19.3. The third-order valence-electron chi connectivity index (χ3n) is 12.8. The number of ether oxygens (including phenoxy) is 1. The lowest BCUT2D eigenvalue weighted by Crippen LogP contribution is -2.52. The Kier molecular flexibility index (Phi) is 17.3. The SMILES string of the molecule is C.CC(C)CC(NC(=O)c1cc2ccccc2o1)C(=O)NC1CCn2c(=O)c3ccccc3c(=O)n2CC1=O.CC(C)C[C@H](NC(=O)OC(C)(C)C)C(=O)CC1CCn2c(=O)c3ccccc3c(=O)n2CC1O. The highest BCUT2D eigenvalue weighted by Gasteiger charge is 2.34. The van der Waals surface area contributed by atoms with Crippen molar-refractivity contribution in [2.75, 3.05) is 0 Å². The number of alkyl carbamates (subject to hydrolysis) is 1. The van der Waals surface area contributed by atoms with Gasteiger partial charge in [0, 0.05) is 24.9 Å². The summed E-state index contributed by atoms with van der Waals surface area (Å²) in [6.45, 7) is 12.9. The van der Waals surface area contributed by atoms with Crippen molar-refractivity contribution in [1.82, 2.24) is 34.7 Å². The van der Waals surface area contributed by atoms with Crippen LogP contribution in [0.3, 0.4) is 0 Å². The Morgan fingerprint density at radius 1 is 0.699 bits per heavy atom. The smallest absolute Gasteiger partial charge is 0.408 e. The zero-order valence-electron chi connectivity index (χ0n) is 41.6. The average molecular weight is 1010 g/mol. The first-order valence-electron chi connectivity index (χ1n) is 24.4. The van der Waals surface area contributed by atoms with Gasteiger partial charge in [-0.05, 0) is 101 Å². The van der Waals surface area contributed by atoms with Crippen LogP contribution in [-0.2, 0) is 45.3 Å². The van der Waals surface area contributed by atoms with Crippen molar-refractivity contribution in [3.8, 4) is 0 Å². The molecule has 2 aliphatic heterocycles. The van der Waals surface area contributed by atoms with Crippen molar-refractivity contribution in [3.63, 3.8) is 0 Å². The Balaban J connectivity index is 0.000000237. The molecule has 390 valence electrons. The van der Waals surface area contributed by atoms with E-state index in [-0.39, 0.29) is 97.3 Å². The van der Waals surface area contributed by atoms with Crippen LogP contribution in [0.4, 0.5) is 4.79 Å². The number of hydrogen-bond donors (Lipinski definition) is 4. The summed E-state index contributed by atoms with van der Waals surface area (Å²) >= 11 is 0. The fourth-order valence-corrected chi connectivity index (χ4v) is 9.25. The molecule has 5 heterocycles. The van der Waals surface area contributed by atoms with E-state index in [1.54, 1.807) is 87.5 Å². The van der Waals surface area contributed by atoms with Crippen LogP contribution in [0.2, 0.25) is 0 Å². The van der Waals surface area contributed by atoms with E-state index in [2.05, 4.69) is 16.0 Å². The molecule has 4 N–H and O–H groups in total. The molecule has 0 radical (unpaired) electrons. The van der Waals surface area contributed by atoms with Crippen molar-refractivity contribution >= 4 is 62.0 Å². The second-order valence-electron chi connectivity index (χ2n) is 20.4. The van der Waals surface area contributed by atoms with E-state index in [0.717, 1.165) is 10.1 Å². The summed E-state index contributed by atoms with van der Waals surface area (Å²) in [4.78, 5) is 117. The largest absolute Gasteiger partial charge is 0.451 e. The normalized spacial score (nSPS) is 17.5. The number of benzene rings is 3. The fourth-order valence-electron chi connectivity index (χ4n) is 9.25. The fraction of sp³-hybridized carbons (Fsp3) is 0.463. The first-order valence-corrected chi connectivity index (χ1v) is 24.4. The summed E-state index contributed by atoms with van der Waals surface area (Å²) in [5, 5.41) is 21.0. The molecule has 6 aromatic rings. The molecule has 3 aromatic carbocycles. The van der Waals surface area contributed by atoms with Gasteiger partial charge in [-0.25, -0.2) is 23.5 Å². The Hall–Kier alpha value is -7.41. The molecule has 4 unspecified atom stereocenters. The molecular formula is C54H67N7O12. The number of furan rings is 1. The molecule has 0 saturated heterocycles. The second-order valence-corrected chi connectivity index (χ2v) is 20.4. The van der Waals surface area contributed by atoms with Gasteiger partial charge in [-0.15, -0.1) is 0 Å². The minimum absolute atomic E-state index is 0. The predicted molar refractivity (Wildman–Crippen MR) is 276 cm³/mol. The number of carbonyl (C=O) groups excluding carboxylic acids is 5. The lowest BCUT2D eigenvalue weighted by molar-refractivity contribution is -0.129. The Morgan fingerprint density at radius 2 is 1.21 bits per heavy atom. The number of rotatable bonds is 12. The van der Waals surface area contributed by atoms with Crippen LogP contribution in [0.15, 0.2) is 102 Å². The maximum Gasteiger partial charge on any atom is 0.408 e. The monoisotopic (exact) mass is 1010 g/mol. The van der Waals surface area contributed by atoms with Crippen molar-refractivity contribution in [3.05, 3.63) is 126 Å². The van der Waals surface area contributed by atoms with Gasteiger partial charge in [0.05, 0.1) is 46.3 Å². The van der Waals surface area contributed by atoms with E-state index in [4.69, 9.17) is 9.15 Å². The number of fused-ring (bicyclic) bond motifs is 5. The number of nitrogens with zero attached hydrogens (tertiary/aromatic N) is 4. The molecule has 0 spiro atoms. The van der Waals surface area contributed by atoms with Crippen LogP contribution in [0.1, 0.15) is 98.6 Å². The molecule has 8 rings (SSSR count). The van der Waals surface area contributed by atoms with Gasteiger partial charge >= 0.3 is 6.09 Å². The third-order valence-corrected chi connectivity index (χ3v) is 12.8. The van der Waals surface area contributed by atoms with Crippen molar-refractivity contribution in [2.24, 2.45) is 17.8 Å². The zero-order valence-corrected chi connectivity index (χ0v) is 41.6. The molecule has 0 fully saturated rings. The molecule has 2 aliphatic rings. The highest BCUT2D eigenvalue weighted by molar-refractivity contribution is 5.99. The van der Waals surface area contributed by atoms with E-state index < -0.39 is 65.0 Å². The van der Waals surface area contributed by atoms with Gasteiger partial charge in [0.2, 0.25) is 5.91 Å². The molecule has 0 bridgehead atoms. The van der Waals surface area contributed by atoms with E-state index in [9.17, 15) is 48.3 Å². The minimum atomic E-state index is -0.989. The molecule has 5 atom stereocenters. The van der Waals surface area contributed by atoms with Crippen molar-refractivity contribution in [2.45, 2.75) is 144 Å². The lowest BCUT2D eigenvalue weighted by atomic mass is 9.88. The standard InChI is InChI=1S/C28H28N4O6.C25H35N3O6.CH4/c1-16(2)13-21(30-26(35)24-14-17-7-3-6-10-23(17)38-24)25(34)29-20-11-12-31-27(36)18-8-4-5-9-19(18)28(37)32(31)15-22(20)33;1-15(2)12-19(26-24(33)34-25(3,4)5)20(29)13-16-10-11-27-22(31)17-8-6-7-9-18(17)23(32)28(27)14-21(16)30;/h3-10,14,16,20-21H,11-13,15H2,1-2H3,(H,29,34)(H,30,35);6-9,15-16,19,21,30H,10-14H2,1-5H3,(H,26,33);1H4/t;16?,19-,21?;/m.0./s1. The van der Waals surface area contributed by atoms with Crippen LogP contribution in [0.25, 0.3) is 32.5 Å². The Bertz CT molecular complexity index is 3250. The maximum absolute atomic E-state index is 13.3. The van der Waals surface area contributed by atoms with Gasteiger partial charge in [0.1, 0.15) is 23.8 Å². The van der Waals surface area contributed by atoms with Crippen LogP contribution >= 0.6 is 0 Å². The number of amides is 3. The van der Waals surface area contributed by atoms with Gasteiger partial charge in [-0.3, -0.25) is 38.4 Å². The number of ketones is 2. The number of aromatic nitrogens is 4. The van der Waals surface area contributed by atoms with Gasteiger partial charge in [0.15, 0.2) is 17.3 Å². The number of para-hydroxylation sites is 1. The minimum Gasteiger partial charge on any atom is -0.451 e. The van der Waals surface area contributed by atoms with Gasteiger partial charge in [0.25, 0.3) is 28.1 Å². The van der Waals surface area contributed by atoms with E-state index in [1.807, 2.05) is 39.8 Å². The quantitative estimate of drug-likeness (QED) is 0.122. The van der Waals surface area contributed by atoms with Crippen molar-refractivity contribution < 1.29 is 38.2 Å². The zero-order chi connectivity index (χ0) is 52.2. The van der Waals surface area contributed by atoms with Crippen LogP contribution in [-0.4, -0.2) is 83.1 Å². The molecule has 73 heavy (non-hydrogen) atoms. The number of Topliss-reactive ketones (excluding diaryl/α,β-unsaturated/α-hetero) is 2. The van der Waals surface area contributed by atoms with Crippen LogP contribution < -0.4 is 38.2 Å². The van der Waals surface area contributed by atoms with Crippen LogP contribution in [0.5, 0.6) is 0 Å². The number of hydrogen-bond acceptors (Lipinski definition) is 12. The predicted octanol–water partition coefficient (Wildman–Crippen LogP) is 5.29. The lowest BCUT2D eigenvalue weighted by Gasteiger charge is -2.26. The molecule has 3 aromatic heterocycles. The summed E-state index contributed by atoms with van der Waals surface area (Å²) in [5.41, 5.74) is -1.57. The molecule has 0 aliphatic carbocycles. The highest BCUT2D eigenvalue weighted by Crippen LogP contribution is 2.23. The van der Waals surface area contributed by atoms with E-state index in [1.165, 1.54) is 14.0 Å². The van der Waals surface area contributed by atoms with Crippen LogP contribution in [0, 0.1) is 17.8 Å². The Labute approximate surface area is 421 Å². The summed E-state index contributed by atoms with van der Waals surface area (Å²) in [7, 11) is 0. The summed E-state index contributed by atoms with van der Waals surface area (Å²) in [6.07, 6.45) is -0.373. The van der Waals surface area contributed by atoms with Crippen molar-refractivity contribution in [1.29, 1.82) is 0 Å².